The van der Waals surface area contributed by atoms with Crippen LogP contribution in [0.15, 0.2) is 60.7 Å². The van der Waals surface area contributed by atoms with Gasteiger partial charge in [-0.05, 0) is 24.0 Å². The zero-order valence-corrected chi connectivity index (χ0v) is 12.2. The Bertz CT molecular complexity index is 525. The van der Waals surface area contributed by atoms with Gasteiger partial charge in [-0.25, -0.2) is 0 Å². The summed E-state index contributed by atoms with van der Waals surface area (Å²) in [4.78, 5) is 11.7. The topological polar surface area (TPSA) is 41.1 Å². The van der Waals surface area contributed by atoms with Crippen molar-refractivity contribution in [1.82, 2.24) is 10.6 Å². The zero-order valence-electron chi connectivity index (χ0n) is 12.2. The largest absolute Gasteiger partial charge is 0.355 e. The van der Waals surface area contributed by atoms with E-state index >= 15 is 0 Å². The minimum absolute atomic E-state index is 0.0546. The Labute approximate surface area is 126 Å². The molecule has 21 heavy (non-hydrogen) atoms. The lowest BCUT2D eigenvalue weighted by Crippen LogP contribution is -2.34. The van der Waals surface area contributed by atoms with Crippen molar-refractivity contribution < 1.29 is 4.79 Å². The number of rotatable bonds is 8. The molecular formula is C18H22N2O. The number of hydrogen-bond acceptors (Lipinski definition) is 2. The molecule has 0 fully saturated rings. The summed E-state index contributed by atoms with van der Waals surface area (Å²) in [7, 11) is 0. The van der Waals surface area contributed by atoms with Crippen LogP contribution in [0.4, 0.5) is 0 Å². The monoisotopic (exact) mass is 282 g/mol. The second-order valence-corrected chi connectivity index (χ2v) is 5.03. The van der Waals surface area contributed by atoms with E-state index in [4.69, 9.17) is 0 Å². The lowest BCUT2D eigenvalue weighted by Gasteiger charge is -2.07. The molecule has 0 saturated heterocycles. The Morgan fingerprint density at radius 3 is 2.14 bits per heavy atom. The van der Waals surface area contributed by atoms with Crippen molar-refractivity contribution in [2.45, 2.75) is 19.4 Å². The van der Waals surface area contributed by atoms with E-state index in [0.717, 1.165) is 25.9 Å². The van der Waals surface area contributed by atoms with E-state index in [9.17, 15) is 4.79 Å². The maximum atomic E-state index is 11.7. The molecular weight excluding hydrogens is 260 g/mol. The molecule has 0 radical (unpaired) electrons. The van der Waals surface area contributed by atoms with Crippen molar-refractivity contribution >= 4 is 5.91 Å². The SMILES string of the molecule is O=C(CNCc1ccccc1)NCCCc1ccccc1. The minimum atomic E-state index is 0.0546. The van der Waals surface area contributed by atoms with Crippen LogP contribution in [-0.4, -0.2) is 19.0 Å². The first-order chi connectivity index (χ1) is 10.3. The summed E-state index contributed by atoms with van der Waals surface area (Å²) in [6, 6.07) is 20.4. The molecule has 2 rings (SSSR count). The Morgan fingerprint density at radius 1 is 0.857 bits per heavy atom. The normalized spacial score (nSPS) is 10.3. The summed E-state index contributed by atoms with van der Waals surface area (Å²) < 4.78 is 0. The van der Waals surface area contributed by atoms with Crippen LogP contribution in [0.25, 0.3) is 0 Å². The second-order valence-electron chi connectivity index (χ2n) is 5.03. The molecule has 0 aliphatic rings. The third kappa shape index (κ3) is 6.23. The highest BCUT2D eigenvalue weighted by molar-refractivity contribution is 5.77. The van der Waals surface area contributed by atoms with Gasteiger partial charge in [-0.2, -0.15) is 0 Å². The number of benzene rings is 2. The zero-order chi connectivity index (χ0) is 14.8. The van der Waals surface area contributed by atoms with Crippen molar-refractivity contribution in [3.05, 3.63) is 71.8 Å². The van der Waals surface area contributed by atoms with Crippen molar-refractivity contribution in [2.75, 3.05) is 13.1 Å². The van der Waals surface area contributed by atoms with Crippen LogP contribution >= 0.6 is 0 Å². The number of carbonyl (C=O) groups excluding carboxylic acids is 1. The molecule has 0 atom stereocenters. The van der Waals surface area contributed by atoms with Crippen LogP contribution in [0.5, 0.6) is 0 Å². The fourth-order valence-electron chi connectivity index (χ4n) is 2.14. The van der Waals surface area contributed by atoms with Gasteiger partial charge in [0.2, 0.25) is 5.91 Å². The summed E-state index contributed by atoms with van der Waals surface area (Å²) >= 11 is 0. The van der Waals surface area contributed by atoms with Crippen LogP contribution in [0.2, 0.25) is 0 Å². The molecule has 2 aromatic rings. The highest BCUT2D eigenvalue weighted by Crippen LogP contribution is 2.01. The molecule has 0 aromatic heterocycles. The third-order valence-electron chi connectivity index (χ3n) is 3.26. The van der Waals surface area contributed by atoms with E-state index in [-0.39, 0.29) is 5.91 Å². The highest BCUT2D eigenvalue weighted by atomic mass is 16.1. The van der Waals surface area contributed by atoms with Gasteiger partial charge in [0.1, 0.15) is 0 Å². The first-order valence-corrected chi connectivity index (χ1v) is 7.40. The maximum Gasteiger partial charge on any atom is 0.233 e. The molecule has 0 spiro atoms. The Morgan fingerprint density at radius 2 is 1.48 bits per heavy atom. The number of nitrogens with one attached hydrogen (secondary N) is 2. The fourth-order valence-corrected chi connectivity index (χ4v) is 2.14. The summed E-state index contributed by atoms with van der Waals surface area (Å²) in [5.74, 6) is 0.0546. The molecule has 0 aliphatic carbocycles. The molecule has 0 aliphatic heterocycles. The molecule has 2 N–H and O–H groups in total. The molecule has 0 saturated carbocycles. The third-order valence-corrected chi connectivity index (χ3v) is 3.26. The summed E-state index contributed by atoms with van der Waals surface area (Å²) in [6.45, 7) is 1.80. The Kier molecular flexibility index (Phi) is 6.49. The van der Waals surface area contributed by atoms with E-state index in [1.807, 2.05) is 48.5 Å². The summed E-state index contributed by atoms with van der Waals surface area (Å²) in [5, 5.41) is 6.09. The average Bonchev–Trinajstić information content (AvgIpc) is 2.54. The van der Waals surface area contributed by atoms with E-state index in [0.29, 0.717) is 6.54 Å². The van der Waals surface area contributed by atoms with Crippen molar-refractivity contribution in [3.63, 3.8) is 0 Å². The van der Waals surface area contributed by atoms with Gasteiger partial charge in [0.15, 0.2) is 0 Å². The van der Waals surface area contributed by atoms with E-state index < -0.39 is 0 Å². The van der Waals surface area contributed by atoms with Gasteiger partial charge in [-0.1, -0.05) is 60.7 Å². The van der Waals surface area contributed by atoms with Crippen LogP contribution in [0, 0.1) is 0 Å². The second kappa shape index (κ2) is 8.93. The predicted octanol–water partition coefficient (Wildman–Crippen LogP) is 2.53. The molecule has 3 nitrogen and oxygen atoms in total. The number of carbonyl (C=O) groups is 1. The van der Waals surface area contributed by atoms with Crippen LogP contribution in [0.3, 0.4) is 0 Å². The predicted molar refractivity (Wildman–Crippen MR) is 85.9 cm³/mol. The van der Waals surface area contributed by atoms with Crippen molar-refractivity contribution in [3.8, 4) is 0 Å². The molecule has 0 heterocycles. The standard InChI is InChI=1S/C18H22N2O/c21-18(15-19-14-17-10-5-2-6-11-17)20-13-7-12-16-8-3-1-4-9-16/h1-6,8-11,19H,7,12-15H2,(H,20,21). The molecule has 3 heteroatoms. The first-order valence-electron chi connectivity index (χ1n) is 7.40. The van der Waals surface area contributed by atoms with E-state index in [1.54, 1.807) is 0 Å². The van der Waals surface area contributed by atoms with Gasteiger partial charge < -0.3 is 10.6 Å². The van der Waals surface area contributed by atoms with Crippen molar-refractivity contribution in [2.24, 2.45) is 0 Å². The molecule has 110 valence electrons. The van der Waals surface area contributed by atoms with Gasteiger partial charge in [-0.3, -0.25) is 4.79 Å². The molecule has 2 aromatic carbocycles. The molecule has 1 amide bonds. The molecule has 0 unspecified atom stereocenters. The lowest BCUT2D eigenvalue weighted by atomic mass is 10.1. The number of hydrogen-bond donors (Lipinski definition) is 2. The highest BCUT2D eigenvalue weighted by Gasteiger charge is 2.00. The number of aryl methyl sites for hydroxylation is 1. The maximum absolute atomic E-state index is 11.7. The van der Waals surface area contributed by atoms with E-state index in [2.05, 4.69) is 22.8 Å². The van der Waals surface area contributed by atoms with Gasteiger partial charge in [0, 0.05) is 13.1 Å². The van der Waals surface area contributed by atoms with Crippen LogP contribution in [0.1, 0.15) is 17.5 Å². The van der Waals surface area contributed by atoms with Crippen LogP contribution in [-0.2, 0) is 17.8 Å². The summed E-state index contributed by atoms with van der Waals surface area (Å²) in [6.07, 6.45) is 1.97. The van der Waals surface area contributed by atoms with Crippen molar-refractivity contribution in [1.29, 1.82) is 0 Å². The quantitative estimate of drug-likeness (QED) is 0.731. The first kappa shape index (κ1) is 15.3. The summed E-state index contributed by atoms with van der Waals surface area (Å²) in [5.41, 5.74) is 2.50. The smallest absolute Gasteiger partial charge is 0.233 e. The number of amides is 1. The minimum Gasteiger partial charge on any atom is -0.355 e. The van der Waals surface area contributed by atoms with Gasteiger partial charge in [0.25, 0.3) is 0 Å². The molecule has 0 bridgehead atoms. The lowest BCUT2D eigenvalue weighted by molar-refractivity contribution is -0.120. The van der Waals surface area contributed by atoms with Gasteiger partial charge in [-0.15, -0.1) is 0 Å². The van der Waals surface area contributed by atoms with Gasteiger partial charge >= 0.3 is 0 Å². The Balaban J connectivity index is 1.54. The van der Waals surface area contributed by atoms with E-state index in [1.165, 1.54) is 11.1 Å². The van der Waals surface area contributed by atoms with Gasteiger partial charge in [0.05, 0.1) is 6.54 Å². The average molecular weight is 282 g/mol. The fraction of sp³-hybridized carbons (Fsp3) is 0.278. The Hall–Kier alpha value is -2.13. The van der Waals surface area contributed by atoms with Crippen LogP contribution < -0.4 is 10.6 Å².